The van der Waals surface area contributed by atoms with E-state index in [0.29, 0.717) is 35.6 Å². The number of halogens is 1. The Labute approximate surface area is 216 Å². The molecule has 0 spiro atoms. The van der Waals surface area contributed by atoms with E-state index >= 15 is 0 Å². The third kappa shape index (κ3) is 4.56. The highest BCUT2D eigenvalue weighted by Crippen LogP contribution is 2.40. The molecule has 0 saturated heterocycles. The fourth-order valence-electron chi connectivity index (χ4n) is 4.31. The third-order valence-electron chi connectivity index (χ3n) is 6.26. The average Bonchev–Trinajstić information content (AvgIpc) is 3.31. The van der Waals surface area contributed by atoms with Gasteiger partial charge in [0.25, 0.3) is 10.0 Å². The Balaban J connectivity index is 1.62. The first-order valence-corrected chi connectivity index (χ1v) is 13.6. The molecule has 6 nitrogen and oxygen atoms in total. The summed E-state index contributed by atoms with van der Waals surface area (Å²) in [7, 11) is -3.95. The maximum absolute atomic E-state index is 13.8. The van der Waals surface area contributed by atoms with Crippen LogP contribution in [0.4, 0.5) is 0 Å². The molecule has 0 amide bonds. The van der Waals surface area contributed by atoms with E-state index in [4.69, 9.17) is 16.3 Å². The molecule has 1 atom stereocenters. The predicted molar refractivity (Wildman–Crippen MR) is 143 cm³/mol. The minimum absolute atomic E-state index is 0.179. The van der Waals surface area contributed by atoms with Crippen molar-refractivity contribution in [3.05, 3.63) is 100 Å². The molecule has 36 heavy (non-hydrogen) atoms. The summed E-state index contributed by atoms with van der Waals surface area (Å²) in [5.74, 6) is 0.704. The molecule has 8 heteroatoms. The molecule has 0 bridgehead atoms. The second kappa shape index (κ2) is 9.56. The second-order valence-corrected chi connectivity index (χ2v) is 11.0. The van der Waals surface area contributed by atoms with E-state index in [9.17, 15) is 8.42 Å². The highest BCUT2D eigenvalue weighted by molar-refractivity contribution is 7.89. The van der Waals surface area contributed by atoms with Crippen molar-refractivity contribution in [3.8, 4) is 5.75 Å². The first-order chi connectivity index (χ1) is 17.3. The number of benzene rings is 3. The number of hydrogen-bond acceptors (Lipinski definition) is 5. The number of hydrogen-bond donors (Lipinski definition) is 0. The summed E-state index contributed by atoms with van der Waals surface area (Å²) in [5, 5.41) is 5.71. The monoisotopic (exact) mass is 519 g/mol. The van der Waals surface area contributed by atoms with Crippen molar-refractivity contribution in [1.82, 2.24) is 9.40 Å². The van der Waals surface area contributed by atoms with Crippen molar-refractivity contribution in [3.63, 3.8) is 0 Å². The topological polar surface area (TPSA) is 71.9 Å². The second-order valence-electron chi connectivity index (χ2n) is 8.88. The third-order valence-corrected chi connectivity index (χ3v) is 8.26. The number of hydrazone groups is 1. The molecule has 0 saturated carbocycles. The number of nitrogens with zero attached hydrogens (tertiary/aromatic N) is 3. The van der Waals surface area contributed by atoms with Crippen LogP contribution < -0.4 is 4.74 Å². The van der Waals surface area contributed by atoms with Gasteiger partial charge in [-0.05, 0) is 56.7 Å². The SMILES string of the molecule is CCOc1ccc2cc(C3CC(c4ccc(C)cc4)=NN3S(=O)(=O)c3ccc(C)cc3)c(Cl)nc2c1. The molecule has 0 radical (unpaired) electrons. The van der Waals surface area contributed by atoms with Crippen molar-refractivity contribution < 1.29 is 13.2 Å². The van der Waals surface area contributed by atoms with E-state index in [1.165, 1.54) is 4.41 Å². The first-order valence-electron chi connectivity index (χ1n) is 11.7. The van der Waals surface area contributed by atoms with Gasteiger partial charge in [0.2, 0.25) is 0 Å². The zero-order chi connectivity index (χ0) is 25.4. The lowest BCUT2D eigenvalue weighted by atomic mass is 9.98. The van der Waals surface area contributed by atoms with E-state index < -0.39 is 16.1 Å². The summed E-state index contributed by atoms with van der Waals surface area (Å²) < 4.78 is 34.4. The van der Waals surface area contributed by atoms with Crippen LogP contribution in [0.15, 0.2) is 82.8 Å². The number of fused-ring (bicyclic) bond motifs is 1. The number of pyridine rings is 1. The number of aromatic nitrogens is 1. The Bertz CT molecular complexity index is 1570. The fourth-order valence-corrected chi connectivity index (χ4v) is 6.01. The van der Waals surface area contributed by atoms with Crippen LogP contribution in [0.5, 0.6) is 5.75 Å². The molecule has 0 aliphatic carbocycles. The quantitative estimate of drug-likeness (QED) is 0.275. The van der Waals surface area contributed by atoms with E-state index in [-0.39, 0.29) is 10.0 Å². The molecule has 1 aliphatic heterocycles. The van der Waals surface area contributed by atoms with E-state index in [2.05, 4.69) is 10.1 Å². The van der Waals surface area contributed by atoms with Gasteiger partial charge in [0.05, 0.1) is 28.8 Å². The van der Waals surface area contributed by atoms with Gasteiger partial charge in [0.1, 0.15) is 10.9 Å². The highest BCUT2D eigenvalue weighted by Gasteiger charge is 2.39. The highest BCUT2D eigenvalue weighted by atomic mass is 35.5. The van der Waals surface area contributed by atoms with Crippen molar-refractivity contribution >= 4 is 38.2 Å². The summed E-state index contributed by atoms with van der Waals surface area (Å²) in [6.07, 6.45) is 0.373. The number of aryl methyl sites for hydroxylation is 2. The summed E-state index contributed by atoms with van der Waals surface area (Å²) in [6.45, 7) is 6.39. The Morgan fingerprint density at radius 1 is 0.972 bits per heavy atom. The van der Waals surface area contributed by atoms with E-state index in [1.54, 1.807) is 24.3 Å². The summed E-state index contributed by atoms with van der Waals surface area (Å²) in [4.78, 5) is 4.77. The molecule has 5 rings (SSSR count). The number of ether oxygens (including phenoxy) is 1. The maximum Gasteiger partial charge on any atom is 0.279 e. The van der Waals surface area contributed by atoms with Crippen LogP contribution in [0.2, 0.25) is 5.15 Å². The molecule has 0 fully saturated rings. The van der Waals surface area contributed by atoms with Crippen molar-refractivity contribution in [2.75, 3.05) is 6.61 Å². The van der Waals surface area contributed by atoms with Gasteiger partial charge in [-0.3, -0.25) is 0 Å². The van der Waals surface area contributed by atoms with Crippen LogP contribution in [0.3, 0.4) is 0 Å². The van der Waals surface area contributed by atoms with Gasteiger partial charge < -0.3 is 4.74 Å². The van der Waals surface area contributed by atoms with E-state index in [1.807, 2.05) is 69.3 Å². The van der Waals surface area contributed by atoms with Gasteiger partial charge in [-0.1, -0.05) is 59.1 Å². The molecule has 3 aromatic carbocycles. The minimum Gasteiger partial charge on any atom is -0.494 e. The van der Waals surface area contributed by atoms with Gasteiger partial charge in [-0.25, -0.2) is 4.98 Å². The molecule has 184 valence electrons. The van der Waals surface area contributed by atoms with Crippen molar-refractivity contribution in [1.29, 1.82) is 0 Å². The van der Waals surface area contributed by atoms with Crippen molar-refractivity contribution in [2.45, 2.75) is 38.1 Å². The molecule has 1 unspecified atom stereocenters. The summed E-state index contributed by atoms with van der Waals surface area (Å²) >= 11 is 6.69. The Morgan fingerprint density at radius 3 is 2.31 bits per heavy atom. The Morgan fingerprint density at radius 2 is 1.64 bits per heavy atom. The molecule has 1 aromatic heterocycles. The lowest BCUT2D eigenvalue weighted by molar-refractivity contribution is 0.340. The lowest BCUT2D eigenvalue weighted by Crippen LogP contribution is -2.27. The number of rotatable bonds is 6. The fraction of sp³-hybridized carbons (Fsp3) is 0.214. The largest absolute Gasteiger partial charge is 0.494 e. The van der Waals surface area contributed by atoms with E-state index in [0.717, 1.165) is 22.1 Å². The standard InChI is InChI=1S/C28H26ClN3O3S/c1-4-35-22-12-11-21-15-24(28(29)30-25(21)16-22)27-17-26(20-9-5-18(2)6-10-20)31-32(27)36(33,34)23-13-7-19(3)8-14-23/h5-16,27H,4,17H2,1-3H3. The van der Waals surface area contributed by atoms with Crippen LogP contribution in [-0.2, 0) is 10.0 Å². The van der Waals surface area contributed by atoms with Crippen LogP contribution in [0, 0.1) is 13.8 Å². The van der Waals surface area contributed by atoms with Gasteiger partial charge in [-0.15, -0.1) is 0 Å². The van der Waals surface area contributed by atoms with Crippen LogP contribution in [0.25, 0.3) is 10.9 Å². The zero-order valence-electron chi connectivity index (χ0n) is 20.3. The molecular weight excluding hydrogens is 494 g/mol. The van der Waals surface area contributed by atoms with Gasteiger partial charge in [0.15, 0.2) is 0 Å². The smallest absolute Gasteiger partial charge is 0.279 e. The molecule has 2 heterocycles. The normalized spacial score (nSPS) is 15.8. The average molecular weight is 520 g/mol. The van der Waals surface area contributed by atoms with Gasteiger partial charge in [-0.2, -0.15) is 17.9 Å². The van der Waals surface area contributed by atoms with Crippen LogP contribution >= 0.6 is 11.6 Å². The molecule has 1 aliphatic rings. The minimum atomic E-state index is -3.95. The Hall–Kier alpha value is -3.42. The lowest BCUT2D eigenvalue weighted by Gasteiger charge is -2.24. The van der Waals surface area contributed by atoms with Crippen molar-refractivity contribution in [2.24, 2.45) is 5.10 Å². The maximum atomic E-state index is 13.8. The van der Waals surface area contributed by atoms with Crippen LogP contribution in [0.1, 0.15) is 41.6 Å². The molecule has 4 aromatic rings. The molecule has 0 N–H and O–H groups in total. The molecular formula is C28H26ClN3O3S. The Kier molecular flexibility index (Phi) is 6.45. The van der Waals surface area contributed by atoms with Gasteiger partial charge >= 0.3 is 0 Å². The number of sulfonamides is 1. The summed E-state index contributed by atoms with van der Waals surface area (Å²) in [6, 6.07) is 21.6. The van der Waals surface area contributed by atoms with Crippen LogP contribution in [-0.4, -0.2) is 30.1 Å². The first kappa shape index (κ1) is 24.3. The summed E-state index contributed by atoms with van der Waals surface area (Å²) in [5.41, 5.74) is 4.93. The zero-order valence-corrected chi connectivity index (χ0v) is 21.8. The van der Waals surface area contributed by atoms with Gasteiger partial charge in [0, 0.05) is 23.4 Å². The predicted octanol–water partition coefficient (Wildman–Crippen LogP) is 6.44.